The number of oxazole rings is 1. The van der Waals surface area contributed by atoms with E-state index in [2.05, 4.69) is 4.98 Å². The summed E-state index contributed by atoms with van der Waals surface area (Å²) in [4.78, 5) is 13.8. The second-order valence-corrected chi connectivity index (χ2v) is 7.61. The zero-order valence-electron chi connectivity index (χ0n) is 13.9. The van der Waals surface area contributed by atoms with E-state index < -0.39 is 15.8 Å². The summed E-state index contributed by atoms with van der Waals surface area (Å²) < 4.78 is 36.9. The Morgan fingerprint density at radius 3 is 2.72 bits per heavy atom. The summed E-state index contributed by atoms with van der Waals surface area (Å²) in [6, 6.07) is 11.8. The van der Waals surface area contributed by atoms with Gasteiger partial charge in [-0.1, -0.05) is 18.2 Å². The minimum Gasteiger partial charge on any atom is -0.496 e. The summed E-state index contributed by atoms with van der Waals surface area (Å²) in [5.41, 5.74) is 1.60. The van der Waals surface area contributed by atoms with Crippen LogP contribution in [-0.4, -0.2) is 38.4 Å². The zero-order valence-corrected chi connectivity index (χ0v) is 14.7. The average molecular weight is 362 g/mol. The molecule has 2 aromatic carbocycles. The summed E-state index contributed by atoms with van der Waals surface area (Å²) >= 11 is 0. The molecule has 0 fully saturated rings. The number of fused-ring (bicyclic) bond motifs is 1. The molecule has 0 unspecified atom stereocenters. The number of nitrogens with zero attached hydrogens (tertiary/aromatic N) is 1. The lowest BCUT2D eigenvalue weighted by atomic mass is 10.1. The van der Waals surface area contributed by atoms with Crippen LogP contribution in [0.1, 0.15) is 5.56 Å². The monoisotopic (exact) mass is 362 g/mol. The van der Waals surface area contributed by atoms with Crippen LogP contribution >= 0.6 is 0 Å². The Labute approximate surface area is 144 Å². The van der Waals surface area contributed by atoms with Gasteiger partial charge in [0.2, 0.25) is 10.0 Å². The molecule has 0 aliphatic heterocycles. The van der Waals surface area contributed by atoms with E-state index >= 15 is 0 Å². The third-order valence-corrected chi connectivity index (χ3v) is 5.84. The lowest BCUT2D eigenvalue weighted by Crippen LogP contribution is -2.29. The van der Waals surface area contributed by atoms with Gasteiger partial charge in [0.1, 0.15) is 5.75 Å². The number of nitrogens with one attached hydrogen (secondary N) is 1. The summed E-state index contributed by atoms with van der Waals surface area (Å²) in [6.45, 7) is 0.290. The first-order valence-electron chi connectivity index (χ1n) is 7.63. The van der Waals surface area contributed by atoms with Crippen LogP contribution in [0.4, 0.5) is 0 Å². The minimum absolute atomic E-state index is 0.0743. The molecule has 0 atom stereocenters. The number of likely N-dealkylation sites (N-methyl/N-ethyl adjacent to an activating group) is 1. The molecule has 1 N–H and O–H groups in total. The van der Waals surface area contributed by atoms with Gasteiger partial charge in [0.25, 0.3) is 0 Å². The molecule has 0 amide bonds. The van der Waals surface area contributed by atoms with E-state index in [9.17, 15) is 13.2 Å². The lowest BCUT2D eigenvalue weighted by molar-refractivity contribution is 0.406. The van der Waals surface area contributed by atoms with Gasteiger partial charge in [0.05, 0.1) is 17.5 Å². The van der Waals surface area contributed by atoms with Crippen LogP contribution in [0.5, 0.6) is 5.75 Å². The normalized spacial score (nSPS) is 12.0. The van der Waals surface area contributed by atoms with Crippen molar-refractivity contribution >= 4 is 21.1 Å². The Morgan fingerprint density at radius 2 is 1.96 bits per heavy atom. The maximum atomic E-state index is 12.7. The predicted molar refractivity (Wildman–Crippen MR) is 93.3 cm³/mol. The summed E-state index contributed by atoms with van der Waals surface area (Å²) in [6.07, 6.45) is 0.515. The van der Waals surface area contributed by atoms with Crippen LogP contribution < -0.4 is 10.5 Å². The Bertz CT molecular complexity index is 1050. The van der Waals surface area contributed by atoms with E-state index in [1.54, 1.807) is 7.11 Å². The first-order chi connectivity index (χ1) is 11.9. The largest absolute Gasteiger partial charge is 0.496 e. The lowest BCUT2D eigenvalue weighted by Gasteiger charge is -2.18. The minimum atomic E-state index is -3.69. The third kappa shape index (κ3) is 3.45. The van der Waals surface area contributed by atoms with Crippen LogP contribution in [0.2, 0.25) is 0 Å². The van der Waals surface area contributed by atoms with Gasteiger partial charge in [-0.3, -0.25) is 4.98 Å². The highest BCUT2D eigenvalue weighted by Gasteiger charge is 2.22. The summed E-state index contributed by atoms with van der Waals surface area (Å²) in [5.74, 6) is 0.109. The number of rotatable bonds is 6. The van der Waals surface area contributed by atoms with Crippen molar-refractivity contribution in [2.24, 2.45) is 0 Å². The highest BCUT2D eigenvalue weighted by atomic mass is 32.2. The van der Waals surface area contributed by atoms with Gasteiger partial charge in [-0.05, 0) is 30.2 Å². The molecule has 0 aliphatic carbocycles. The zero-order chi connectivity index (χ0) is 18.0. The second kappa shape index (κ2) is 6.73. The van der Waals surface area contributed by atoms with E-state index in [-0.39, 0.29) is 17.0 Å². The first-order valence-corrected chi connectivity index (χ1v) is 9.07. The van der Waals surface area contributed by atoms with Gasteiger partial charge >= 0.3 is 5.76 Å². The van der Waals surface area contributed by atoms with Crippen molar-refractivity contribution in [3.05, 3.63) is 58.6 Å². The maximum Gasteiger partial charge on any atom is 0.417 e. The van der Waals surface area contributed by atoms with Gasteiger partial charge in [-0.25, -0.2) is 17.5 Å². The van der Waals surface area contributed by atoms with E-state index in [1.807, 2.05) is 24.3 Å². The van der Waals surface area contributed by atoms with Gasteiger partial charge in [0.15, 0.2) is 5.58 Å². The molecule has 0 saturated heterocycles. The molecule has 7 nitrogen and oxygen atoms in total. The topological polar surface area (TPSA) is 92.6 Å². The Hall–Kier alpha value is -2.58. The number of sulfonamides is 1. The van der Waals surface area contributed by atoms with Crippen LogP contribution in [0.3, 0.4) is 0 Å². The van der Waals surface area contributed by atoms with E-state index in [4.69, 9.17) is 9.15 Å². The van der Waals surface area contributed by atoms with Crippen molar-refractivity contribution in [2.45, 2.75) is 11.3 Å². The number of hydrogen-bond acceptors (Lipinski definition) is 5. The molecule has 25 heavy (non-hydrogen) atoms. The molecule has 1 heterocycles. The smallest absolute Gasteiger partial charge is 0.417 e. The fourth-order valence-electron chi connectivity index (χ4n) is 2.57. The number of methoxy groups -OCH3 is 1. The van der Waals surface area contributed by atoms with Gasteiger partial charge in [-0.2, -0.15) is 0 Å². The molecular formula is C17H18N2O5S. The Balaban J connectivity index is 1.81. The molecule has 0 spiro atoms. The molecule has 3 rings (SSSR count). The number of aromatic amines is 1. The van der Waals surface area contributed by atoms with Crippen molar-refractivity contribution in [3.63, 3.8) is 0 Å². The Kier molecular flexibility index (Phi) is 4.65. The SMILES string of the molecule is COc1ccccc1CCN(C)S(=O)(=O)c1ccc2[nH]c(=O)oc2c1. The Morgan fingerprint density at radius 1 is 1.20 bits per heavy atom. The maximum absolute atomic E-state index is 12.7. The molecule has 8 heteroatoms. The number of ether oxygens (including phenoxy) is 1. The van der Waals surface area contributed by atoms with E-state index in [0.29, 0.717) is 11.9 Å². The highest BCUT2D eigenvalue weighted by molar-refractivity contribution is 7.89. The fraction of sp³-hybridized carbons (Fsp3) is 0.235. The van der Waals surface area contributed by atoms with Crippen molar-refractivity contribution < 1.29 is 17.6 Å². The van der Waals surface area contributed by atoms with Gasteiger partial charge in [0, 0.05) is 19.7 Å². The average Bonchev–Trinajstić information content (AvgIpc) is 2.98. The number of para-hydroxylation sites is 1. The van der Waals surface area contributed by atoms with Crippen LogP contribution in [0, 0.1) is 0 Å². The molecule has 3 aromatic rings. The molecule has 1 aromatic heterocycles. The predicted octanol–water partition coefficient (Wildman–Crippen LogP) is 1.99. The van der Waals surface area contributed by atoms with Gasteiger partial charge < -0.3 is 9.15 Å². The molecular weight excluding hydrogens is 344 g/mol. The van der Waals surface area contributed by atoms with Crippen molar-refractivity contribution in [1.82, 2.24) is 9.29 Å². The quantitative estimate of drug-likeness (QED) is 0.724. The fourth-order valence-corrected chi connectivity index (χ4v) is 3.76. The molecule has 0 bridgehead atoms. The molecule has 0 saturated carbocycles. The summed E-state index contributed by atoms with van der Waals surface area (Å²) in [7, 11) is -0.596. The molecule has 0 radical (unpaired) electrons. The van der Waals surface area contributed by atoms with Gasteiger partial charge in [-0.15, -0.1) is 0 Å². The molecule has 0 aliphatic rings. The second-order valence-electron chi connectivity index (χ2n) is 5.56. The number of H-pyrrole nitrogens is 1. The standard InChI is InChI=1S/C17H18N2O5S/c1-19(10-9-12-5-3-4-6-15(12)23-2)25(21,22)13-7-8-14-16(11-13)24-17(20)18-14/h3-8,11H,9-10H2,1-2H3,(H,18,20). The van der Waals surface area contributed by atoms with Crippen LogP contribution in [0.15, 0.2) is 56.6 Å². The van der Waals surface area contributed by atoms with Crippen molar-refractivity contribution in [3.8, 4) is 5.75 Å². The summed E-state index contributed by atoms with van der Waals surface area (Å²) in [5, 5.41) is 0. The highest BCUT2D eigenvalue weighted by Crippen LogP contribution is 2.22. The first kappa shape index (κ1) is 17.2. The van der Waals surface area contributed by atoms with E-state index in [1.165, 1.54) is 29.6 Å². The number of benzene rings is 2. The van der Waals surface area contributed by atoms with E-state index in [0.717, 1.165) is 11.3 Å². The van der Waals surface area contributed by atoms with Crippen molar-refractivity contribution in [2.75, 3.05) is 20.7 Å². The van der Waals surface area contributed by atoms with Crippen molar-refractivity contribution in [1.29, 1.82) is 0 Å². The van der Waals surface area contributed by atoms with Crippen LogP contribution in [0.25, 0.3) is 11.1 Å². The third-order valence-electron chi connectivity index (χ3n) is 3.99. The molecule has 132 valence electrons. The number of hydrogen-bond donors (Lipinski definition) is 1. The van der Waals surface area contributed by atoms with Crippen LogP contribution in [-0.2, 0) is 16.4 Å². The number of aromatic nitrogens is 1.